The highest BCUT2D eigenvalue weighted by Crippen LogP contribution is 2.49. The largest absolute Gasteiger partial charge is 0.472 e. The molecule has 10 N–H and O–H groups in total. The fraction of sp³-hybridized carbons (Fsp3) is 0.905. The van der Waals surface area contributed by atoms with Gasteiger partial charge in [-0.3, -0.25) is 0 Å². The normalized spacial score (nSPS) is 55.2. The Hall–Kier alpha value is -1.02. The average Bonchev–Trinajstić information content (AvgIpc) is 3.02. The Balaban J connectivity index is 1.44. The van der Waals surface area contributed by atoms with Crippen molar-refractivity contribution < 1.29 is 74.7 Å². The molecule has 2 saturated heterocycles. The summed E-state index contributed by atoms with van der Waals surface area (Å²) in [5.74, 6) is -1.21. The predicted octanol–water partition coefficient (Wildman–Crippen LogP) is -5.64. The zero-order chi connectivity index (χ0) is 26.6. The smallest absolute Gasteiger partial charge is 0.210 e. The Bertz CT molecular complexity index is 793. The van der Waals surface area contributed by atoms with Crippen LogP contribution in [0.5, 0.6) is 0 Å². The molecule has 1 saturated carbocycles. The maximum atomic E-state index is 10.9. The first-order valence-corrected chi connectivity index (χ1v) is 11.5. The SMILES string of the molecule is CC1(O)CC(O)C2(O)C=COC(OC3OC(COC4OC(CO)C(O)C(O)C4O)C(O)C(O)C3O)C12. The molecule has 1 aliphatic carbocycles. The zero-order valence-corrected chi connectivity index (χ0v) is 19.3. The van der Waals surface area contributed by atoms with Crippen LogP contribution < -0.4 is 0 Å². The molecule has 4 aliphatic rings. The van der Waals surface area contributed by atoms with Crippen molar-refractivity contribution in [3.63, 3.8) is 0 Å². The van der Waals surface area contributed by atoms with Crippen LogP contribution >= 0.6 is 0 Å². The van der Waals surface area contributed by atoms with Crippen molar-refractivity contribution in [2.75, 3.05) is 13.2 Å². The summed E-state index contributed by atoms with van der Waals surface area (Å²) in [6, 6.07) is 0. The van der Waals surface area contributed by atoms with Gasteiger partial charge in [0.25, 0.3) is 0 Å². The summed E-state index contributed by atoms with van der Waals surface area (Å²) in [5, 5.41) is 102. The van der Waals surface area contributed by atoms with E-state index in [9.17, 15) is 51.1 Å². The lowest BCUT2D eigenvalue weighted by molar-refractivity contribution is -0.360. The molecule has 208 valence electrons. The Labute approximate surface area is 205 Å². The molecule has 0 radical (unpaired) electrons. The van der Waals surface area contributed by atoms with E-state index < -0.39 is 104 Å². The molecule has 36 heavy (non-hydrogen) atoms. The minimum atomic E-state index is -1.91. The van der Waals surface area contributed by atoms with Crippen molar-refractivity contribution in [2.24, 2.45) is 5.92 Å². The Morgan fingerprint density at radius 2 is 1.39 bits per heavy atom. The minimum absolute atomic E-state index is 0.202. The summed E-state index contributed by atoms with van der Waals surface area (Å²) in [6.07, 6.45) is -16.9. The van der Waals surface area contributed by atoms with Gasteiger partial charge in [-0.2, -0.15) is 0 Å². The van der Waals surface area contributed by atoms with E-state index in [0.717, 1.165) is 6.26 Å². The van der Waals surface area contributed by atoms with Crippen LogP contribution in [0.1, 0.15) is 13.3 Å². The molecule has 0 aromatic carbocycles. The van der Waals surface area contributed by atoms with E-state index >= 15 is 0 Å². The van der Waals surface area contributed by atoms with Gasteiger partial charge in [-0.15, -0.1) is 0 Å². The van der Waals surface area contributed by atoms with E-state index in [1.165, 1.54) is 13.0 Å². The van der Waals surface area contributed by atoms with Crippen LogP contribution in [0.2, 0.25) is 0 Å². The number of aliphatic hydroxyl groups excluding tert-OH is 8. The topological polar surface area (TPSA) is 248 Å². The first-order valence-electron chi connectivity index (χ1n) is 11.5. The molecule has 3 heterocycles. The van der Waals surface area contributed by atoms with Gasteiger partial charge in [0.1, 0.15) is 54.4 Å². The van der Waals surface area contributed by atoms with E-state index in [4.69, 9.17) is 23.7 Å². The van der Waals surface area contributed by atoms with Crippen LogP contribution in [0.4, 0.5) is 0 Å². The Kier molecular flexibility index (Phi) is 7.99. The summed E-state index contributed by atoms with van der Waals surface area (Å²) in [7, 11) is 0. The van der Waals surface area contributed by atoms with E-state index in [1.54, 1.807) is 0 Å². The molecule has 0 aromatic rings. The molecule has 3 fully saturated rings. The second kappa shape index (κ2) is 10.3. The number of hydrogen-bond acceptors (Lipinski definition) is 15. The summed E-state index contributed by atoms with van der Waals surface area (Å²) < 4.78 is 27.2. The van der Waals surface area contributed by atoms with Gasteiger partial charge in [0.05, 0.1) is 37.1 Å². The molecule has 0 amide bonds. The maximum absolute atomic E-state index is 10.9. The molecule has 0 bridgehead atoms. The summed E-state index contributed by atoms with van der Waals surface area (Å²) in [5.41, 5.74) is -3.55. The third kappa shape index (κ3) is 4.78. The number of rotatable bonds is 6. The molecule has 15 heteroatoms. The number of fused-ring (bicyclic) bond motifs is 1. The first kappa shape index (κ1) is 28.0. The fourth-order valence-corrected chi connectivity index (χ4v) is 5.22. The van der Waals surface area contributed by atoms with Crippen LogP contribution in [0.25, 0.3) is 0 Å². The third-order valence-electron chi connectivity index (χ3n) is 7.34. The quantitative estimate of drug-likeness (QED) is 0.155. The molecule has 4 rings (SSSR count). The van der Waals surface area contributed by atoms with Crippen molar-refractivity contribution in [2.45, 2.75) is 98.4 Å². The highest BCUT2D eigenvalue weighted by molar-refractivity contribution is 5.21. The van der Waals surface area contributed by atoms with Gasteiger partial charge in [0, 0.05) is 6.42 Å². The lowest BCUT2D eigenvalue weighted by Gasteiger charge is -2.46. The van der Waals surface area contributed by atoms with Crippen LogP contribution in [0, 0.1) is 5.92 Å². The first-order chi connectivity index (χ1) is 16.8. The number of ether oxygens (including phenoxy) is 5. The van der Waals surface area contributed by atoms with Crippen LogP contribution in [0.3, 0.4) is 0 Å². The van der Waals surface area contributed by atoms with E-state index in [2.05, 4.69) is 0 Å². The molecule has 0 aromatic heterocycles. The average molecular weight is 526 g/mol. The van der Waals surface area contributed by atoms with Crippen molar-refractivity contribution in [3.05, 3.63) is 12.3 Å². The highest BCUT2D eigenvalue weighted by Gasteiger charge is 2.64. The Morgan fingerprint density at radius 1 is 0.806 bits per heavy atom. The molecular formula is C21H34O15. The lowest BCUT2D eigenvalue weighted by Crippen LogP contribution is -2.63. The zero-order valence-electron chi connectivity index (χ0n) is 19.3. The maximum Gasteiger partial charge on any atom is 0.210 e. The van der Waals surface area contributed by atoms with Crippen molar-refractivity contribution >= 4 is 0 Å². The minimum Gasteiger partial charge on any atom is -0.472 e. The van der Waals surface area contributed by atoms with Gasteiger partial charge in [-0.25, -0.2) is 0 Å². The Morgan fingerprint density at radius 3 is 2.03 bits per heavy atom. The van der Waals surface area contributed by atoms with Crippen molar-refractivity contribution in [1.29, 1.82) is 0 Å². The highest BCUT2D eigenvalue weighted by atomic mass is 16.8. The molecule has 0 spiro atoms. The van der Waals surface area contributed by atoms with E-state index in [-0.39, 0.29) is 6.42 Å². The second-order valence-electron chi connectivity index (χ2n) is 9.93. The van der Waals surface area contributed by atoms with Gasteiger partial charge in [-0.1, -0.05) is 0 Å². The third-order valence-corrected chi connectivity index (χ3v) is 7.34. The lowest BCUT2D eigenvalue weighted by atomic mass is 9.81. The van der Waals surface area contributed by atoms with Gasteiger partial charge < -0.3 is 74.7 Å². The summed E-state index contributed by atoms with van der Waals surface area (Å²) in [6.45, 7) is 0.115. The van der Waals surface area contributed by atoms with Crippen molar-refractivity contribution in [1.82, 2.24) is 0 Å². The van der Waals surface area contributed by atoms with E-state index in [0.29, 0.717) is 0 Å². The van der Waals surface area contributed by atoms with Gasteiger partial charge in [0.2, 0.25) is 6.29 Å². The summed E-state index contributed by atoms with van der Waals surface area (Å²) >= 11 is 0. The predicted molar refractivity (Wildman–Crippen MR) is 111 cm³/mol. The molecule has 15 unspecified atom stereocenters. The number of hydrogen-bond donors (Lipinski definition) is 10. The summed E-state index contributed by atoms with van der Waals surface area (Å²) in [4.78, 5) is 0. The monoisotopic (exact) mass is 526 g/mol. The molecule has 3 aliphatic heterocycles. The van der Waals surface area contributed by atoms with Crippen LogP contribution in [-0.2, 0) is 23.7 Å². The van der Waals surface area contributed by atoms with Crippen LogP contribution in [-0.4, -0.2) is 149 Å². The van der Waals surface area contributed by atoms with Gasteiger partial charge in [-0.05, 0) is 13.0 Å². The number of aliphatic hydroxyl groups is 10. The molecular weight excluding hydrogens is 492 g/mol. The van der Waals surface area contributed by atoms with Crippen molar-refractivity contribution in [3.8, 4) is 0 Å². The van der Waals surface area contributed by atoms with Crippen LogP contribution in [0.15, 0.2) is 12.3 Å². The van der Waals surface area contributed by atoms with Gasteiger partial charge >= 0.3 is 0 Å². The second-order valence-corrected chi connectivity index (χ2v) is 9.93. The van der Waals surface area contributed by atoms with Gasteiger partial charge in [0.15, 0.2) is 12.6 Å². The standard InChI is InChI=1S/C21H34O15/c1-20(30)4-9(23)21(31)2-3-32-19(16(20)21)36-18-15(29)13(27)11(25)8(35-18)6-33-17-14(28)12(26)10(24)7(5-22)34-17/h2-3,7-19,22-31H,4-6H2,1H3. The van der Waals surface area contributed by atoms with E-state index in [1.807, 2.05) is 0 Å². The molecule has 15 nitrogen and oxygen atoms in total. The fourth-order valence-electron chi connectivity index (χ4n) is 5.22. The molecule has 15 atom stereocenters.